The lowest BCUT2D eigenvalue weighted by atomic mass is 9.95. The molecule has 1 amide bonds. The number of piperidine rings is 2. The monoisotopic (exact) mass is 268 g/mol. The minimum absolute atomic E-state index is 0.274. The number of likely N-dealkylation sites (tertiary alicyclic amines) is 2. The molecule has 19 heavy (non-hydrogen) atoms. The number of hydrogen-bond donors (Lipinski definition) is 1. The number of rotatable bonds is 4. The minimum Gasteiger partial charge on any atom is -0.396 e. The van der Waals surface area contributed by atoms with Crippen LogP contribution in [0.4, 0.5) is 0 Å². The van der Waals surface area contributed by atoms with Crippen molar-refractivity contribution in [2.45, 2.75) is 39.0 Å². The van der Waals surface area contributed by atoms with Crippen molar-refractivity contribution < 1.29 is 9.90 Å². The molecule has 0 bridgehead atoms. The highest BCUT2D eigenvalue weighted by atomic mass is 16.3. The Kier molecular flexibility index (Phi) is 5.64. The molecule has 0 aromatic rings. The molecule has 2 aliphatic heterocycles. The molecule has 4 nitrogen and oxygen atoms in total. The summed E-state index contributed by atoms with van der Waals surface area (Å²) in [6.07, 6.45) is 5.55. The average molecular weight is 268 g/mol. The van der Waals surface area contributed by atoms with Gasteiger partial charge in [0.15, 0.2) is 0 Å². The van der Waals surface area contributed by atoms with Crippen molar-refractivity contribution in [3.8, 4) is 0 Å². The van der Waals surface area contributed by atoms with E-state index in [9.17, 15) is 4.79 Å². The van der Waals surface area contributed by atoms with Crippen molar-refractivity contribution in [1.29, 1.82) is 0 Å². The molecule has 1 unspecified atom stereocenters. The summed E-state index contributed by atoms with van der Waals surface area (Å²) in [5.74, 6) is 1.65. The smallest absolute Gasteiger partial charge is 0.236 e. The van der Waals surface area contributed by atoms with Gasteiger partial charge in [-0.1, -0.05) is 6.92 Å². The number of amides is 1. The molecule has 2 aliphatic rings. The zero-order valence-electron chi connectivity index (χ0n) is 12.2. The van der Waals surface area contributed by atoms with Gasteiger partial charge in [0.25, 0.3) is 0 Å². The standard InChI is InChI=1S/C15H28N2O2/c1-13-4-8-17(9-5-13)15(19)12-16-7-2-3-14(11-16)6-10-18/h13-14,18H,2-12H2,1H3. The molecular weight excluding hydrogens is 240 g/mol. The third kappa shape index (κ3) is 4.46. The van der Waals surface area contributed by atoms with Gasteiger partial charge in [-0.3, -0.25) is 9.69 Å². The van der Waals surface area contributed by atoms with E-state index in [2.05, 4.69) is 11.8 Å². The van der Waals surface area contributed by atoms with Gasteiger partial charge >= 0.3 is 0 Å². The first-order valence-electron chi connectivity index (χ1n) is 7.80. The van der Waals surface area contributed by atoms with Gasteiger partial charge in [0.1, 0.15) is 0 Å². The molecule has 0 aromatic carbocycles. The van der Waals surface area contributed by atoms with Gasteiger partial charge in [-0.2, -0.15) is 0 Å². The van der Waals surface area contributed by atoms with E-state index in [0.717, 1.165) is 57.8 Å². The fourth-order valence-corrected chi connectivity index (χ4v) is 3.26. The van der Waals surface area contributed by atoms with E-state index in [4.69, 9.17) is 5.11 Å². The molecule has 110 valence electrons. The van der Waals surface area contributed by atoms with E-state index >= 15 is 0 Å². The van der Waals surface area contributed by atoms with Crippen LogP contribution in [0.25, 0.3) is 0 Å². The maximum atomic E-state index is 12.3. The van der Waals surface area contributed by atoms with E-state index in [1.807, 2.05) is 4.90 Å². The lowest BCUT2D eigenvalue weighted by Crippen LogP contribution is -2.46. The lowest BCUT2D eigenvalue weighted by molar-refractivity contribution is -0.134. The van der Waals surface area contributed by atoms with Gasteiger partial charge in [-0.25, -0.2) is 0 Å². The van der Waals surface area contributed by atoms with Crippen LogP contribution in [0, 0.1) is 11.8 Å². The first kappa shape index (κ1) is 14.8. The number of aliphatic hydroxyl groups excluding tert-OH is 1. The van der Waals surface area contributed by atoms with Gasteiger partial charge in [0.2, 0.25) is 5.91 Å². The second-order valence-corrected chi connectivity index (χ2v) is 6.32. The molecule has 2 saturated heterocycles. The third-order valence-electron chi connectivity index (χ3n) is 4.64. The zero-order chi connectivity index (χ0) is 13.7. The number of hydrogen-bond acceptors (Lipinski definition) is 3. The molecule has 4 heteroatoms. The van der Waals surface area contributed by atoms with E-state index in [0.29, 0.717) is 18.4 Å². The molecule has 2 fully saturated rings. The molecule has 1 N–H and O–H groups in total. The van der Waals surface area contributed by atoms with Crippen molar-refractivity contribution >= 4 is 5.91 Å². The second-order valence-electron chi connectivity index (χ2n) is 6.32. The number of carbonyl (C=O) groups is 1. The van der Waals surface area contributed by atoms with Crippen LogP contribution in [-0.2, 0) is 4.79 Å². The Morgan fingerprint density at radius 3 is 2.63 bits per heavy atom. The molecule has 0 saturated carbocycles. The fourth-order valence-electron chi connectivity index (χ4n) is 3.26. The highest BCUT2D eigenvalue weighted by molar-refractivity contribution is 5.78. The van der Waals surface area contributed by atoms with Crippen LogP contribution in [0.2, 0.25) is 0 Å². The summed E-state index contributed by atoms with van der Waals surface area (Å²) in [7, 11) is 0. The van der Waals surface area contributed by atoms with Gasteiger partial charge in [-0.05, 0) is 50.5 Å². The SMILES string of the molecule is CC1CCN(C(=O)CN2CCCC(CCO)C2)CC1. The van der Waals surface area contributed by atoms with Gasteiger partial charge < -0.3 is 10.0 Å². The average Bonchev–Trinajstić information content (AvgIpc) is 2.40. The van der Waals surface area contributed by atoms with Crippen molar-refractivity contribution in [2.24, 2.45) is 11.8 Å². The molecule has 2 heterocycles. The summed E-state index contributed by atoms with van der Waals surface area (Å²) < 4.78 is 0. The highest BCUT2D eigenvalue weighted by Gasteiger charge is 2.25. The van der Waals surface area contributed by atoms with Crippen molar-refractivity contribution in [1.82, 2.24) is 9.80 Å². The number of aliphatic hydroxyl groups is 1. The van der Waals surface area contributed by atoms with Crippen LogP contribution in [0.3, 0.4) is 0 Å². The maximum Gasteiger partial charge on any atom is 0.236 e. The van der Waals surface area contributed by atoms with Crippen LogP contribution < -0.4 is 0 Å². The summed E-state index contributed by atoms with van der Waals surface area (Å²) in [5.41, 5.74) is 0. The highest BCUT2D eigenvalue weighted by Crippen LogP contribution is 2.20. The summed E-state index contributed by atoms with van der Waals surface area (Å²) in [6, 6.07) is 0. The van der Waals surface area contributed by atoms with Crippen LogP contribution in [0.15, 0.2) is 0 Å². The van der Waals surface area contributed by atoms with Crippen molar-refractivity contribution in [2.75, 3.05) is 39.3 Å². The normalized spacial score (nSPS) is 26.6. The number of carbonyl (C=O) groups excluding carboxylic acids is 1. The minimum atomic E-state index is 0.274. The quantitative estimate of drug-likeness (QED) is 0.837. The Balaban J connectivity index is 1.75. The van der Waals surface area contributed by atoms with Crippen LogP contribution in [-0.4, -0.2) is 60.1 Å². The maximum absolute atomic E-state index is 12.3. The van der Waals surface area contributed by atoms with Crippen LogP contribution in [0.5, 0.6) is 0 Å². The molecule has 0 radical (unpaired) electrons. The molecular formula is C15H28N2O2. The molecule has 2 rings (SSSR count). The van der Waals surface area contributed by atoms with Gasteiger partial charge in [-0.15, -0.1) is 0 Å². The van der Waals surface area contributed by atoms with Crippen molar-refractivity contribution in [3.05, 3.63) is 0 Å². The Morgan fingerprint density at radius 2 is 1.95 bits per heavy atom. The first-order valence-corrected chi connectivity index (χ1v) is 7.80. The summed E-state index contributed by atoms with van der Waals surface area (Å²) in [6.45, 7) is 7.02. The molecule has 0 aromatic heterocycles. The first-order chi connectivity index (χ1) is 9.19. The Morgan fingerprint density at radius 1 is 1.21 bits per heavy atom. The second kappa shape index (κ2) is 7.25. The molecule has 0 aliphatic carbocycles. The molecule has 1 atom stereocenters. The lowest BCUT2D eigenvalue weighted by Gasteiger charge is -2.35. The summed E-state index contributed by atoms with van der Waals surface area (Å²) >= 11 is 0. The predicted molar refractivity (Wildman–Crippen MR) is 75.8 cm³/mol. The van der Waals surface area contributed by atoms with E-state index in [1.165, 1.54) is 6.42 Å². The Labute approximate surface area is 116 Å². The number of nitrogens with zero attached hydrogens (tertiary/aromatic N) is 2. The summed E-state index contributed by atoms with van der Waals surface area (Å²) in [5, 5.41) is 9.02. The predicted octanol–water partition coefficient (Wildman–Crippen LogP) is 1.34. The largest absolute Gasteiger partial charge is 0.396 e. The van der Waals surface area contributed by atoms with Crippen molar-refractivity contribution in [3.63, 3.8) is 0 Å². The Bertz CT molecular complexity index is 286. The summed E-state index contributed by atoms with van der Waals surface area (Å²) in [4.78, 5) is 16.6. The van der Waals surface area contributed by atoms with Gasteiger partial charge in [0, 0.05) is 26.2 Å². The zero-order valence-corrected chi connectivity index (χ0v) is 12.2. The fraction of sp³-hybridized carbons (Fsp3) is 0.933. The third-order valence-corrected chi connectivity index (χ3v) is 4.64. The van der Waals surface area contributed by atoms with E-state index in [1.54, 1.807) is 0 Å². The van der Waals surface area contributed by atoms with Crippen LogP contribution in [0.1, 0.15) is 39.0 Å². The molecule has 0 spiro atoms. The Hall–Kier alpha value is -0.610. The van der Waals surface area contributed by atoms with E-state index in [-0.39, 0.29) is 6.61 Å². The van der Waals surface area contributed by atoms with Gasteiger partial charge in [0.05, 0.1) is 6.54 Å². The van der Waals surface area contributed by atoms with Crippen LogP contribution >= 0.6 is 0 Å². The topological polar surface area (TPSA) is 43.8 Å². The van der Waals surface area contributed by atoms with E-state index < -0.39 is 0 Å².